The molecule has 2 aromatic rings. The summed E-state index contributed by atoms with van der Waals surface area (Å²) < 4.78 is 93.3. The zero-order chi connectivity index (χ0) is 26.3. The first-order chi connectivity index (χ1) is 16.2. The number of alkyl halides is 5. The SMILES string of the molecule is COc1c([C@@H]2[C@@H](C)[C@](C)(C(F)(F)F)O[C@H]2C(=O)Nc2ccnc(C(N)=O)c2)ccc(C(F)F)c1F. The number of carbonyl (C=O) groups is 2. The van der Waals surface area contributed by atoms with Crippen LogP contribution in [0, 0.1) is 11.7 Å². The van der Waals surface area contributed by atoms with Crippen molar-refractivity contribution < 1.29 is 45.4 Å². The Bertz CT molecular complexity index is 1140. The monoisotopic (exact) mass is 505 g/mol. The second-order valence-electron chi connectivity index (χ2n) is 8.13. The number of methoxy groups -OCH3 is 1. The maximum atomic E-state index is 14.8. The van der Waals surface area contributed by atoms with Crippen LogP contribution in [0.15, 0.2) is 30.5 Å². The molecular formula is C22H21F6N3O4. The number of rotatable bonds is 6. The smallest absolute Gasteiger partial charge is 0.417 e. The molecule has 190 valence electrons. The van der Waals surface area contributed by atoms with E-state index in [4.69, 9.17) is 15.2 Å². The number of nitrogens with one attached hydrogen (secondary N) is 1. The quantitative estimate of drug-likeness (QED) is 0.569. The van der Waals surface area contributed by atoms with Gasteiger partial charge in [0, 0.05) is 29.3 Å². The fraction of sp³-hybridized carbons (Fsp3) is 0.409. The molecule has 1 fully saturated rings. The zero-order valence-electron chi connectivity index (χ0n) is 18.6. The third-order valence-electron chi connectivity index (χ3n) is 6.16. The summed E-state index contributed by atoms with van der Waals surface area (Å²) in [5.41, 5.74) is 0.816. The number of amides is 2. The number of ether oxygens (including phenoxy) is 2. The van der Waals surface area contributed by atoms with Crippen LogP contribution in [-0.2, 0) is 9.53 Å². The van der Waals surface area contributed by atoms with Crippen LogP contribution in [0.4, 0.5) is 32.0 Å². The highest BCUT2D eigenvalue weighted by Crippen LogP contribution is 2.55. The van der Waals surface area contributed by atoms with Crippen molar-refractivity contribution in [2.24, 2.45) is 11.7 Å². The fourth-order valence-electron chi connectivity index (χ4n) is 4.10. The second-order valence-corrected chi connectivity index (χ2v) is 8.13. The Morgan fingerprint density at radius 3 is 2.46 bits per heavy atom. The Kier molecular flexibility index (Phi) is 7.02. The van der Waals surface area contributed by atoms with Crippen LogP contribution >= 0.6 is 0 Å². The average Bonchev–Trinajstić information content (AvgIpc) is 3.05. The molecule has 0 spiro atoms. The normalized spacial score (nSPS) is 24.5. The first-order valence-corrected chi connectivity index (χ1v) is 10.2. The van der Waals surface area contributed by atoms with Gasteiger partial charge in [-0.1, -0.05) is 13.0 Å². The number of hydrogen-bond donors (Lipinski definition) is 2. The van der Waals surface area contributed by atoms with E-state index in [1.807, 2.05) is 0 Å². The summed E-state index contributed by atoms with van der Waals surface area (Å²) in [5.74, 6) is -7.05. The lowest BCUT2D eigenvalue weighted by Crippen LogP contribution is -2.47. The van der Waals surface area contributed by atoms with E-state index < -0.39 is 65.1 Å². The van der Waals surface area contributed by atoms with E-state index in [1.54, 1.807) is 0 Å². The molecule has 7 nitrogen and oxygen atoms in total. The van der Waals surface area contributed by atoms with Crippen molar-refractivity contribution in [1.82, 2.24) is 4.98 Å². The van der Waals surface area contributed by atoms with E-state index in [0.29, 0.717) is 0 Å². The molecule has 1 aliphatic rings. The summed E-state index contributed by atoms with van der Waals surface area (Å²) in [4.78, 5) is 28.2. The maximum Gasteiger partial charge on any atom is 0.417 e. The molecule has 2 amide bonds. The van der Waals surface area contributed by atoms with Crippen LogP contribution < -0.4 is 15.8 Å². The lowest BCUT2D eigenvalue weighted by atomic mass is 9.76. The molecule has 3 rings (SSSR count). The van der Waals surface area contributed by atoms with Crippen LogP contribution in [0.3, 0.4) is 0 Å². The van der Waals surface area contributed by atoms with Gasteiger partial charge >= 0.3 is 6.18 Å². The third-order valence-corrected chi connectivity index (χ3v) is 6.16. The molecule has 1 aromatic heterocycles. The van der Waals surface area contributed by atoms with Gasteiger partial charge in [0.2, 0.25) is 0 Å². The van der Waals surface area contributed by atoms with Crippen molar-refractivity contribution in [1.29, 1.82) is 0 Å². The minimum absolute atomic E-state index is 0.0133. The maximum absolute atomic E-state index is 14.8. The lowest BCUT2D eigenvalue weighted by Gasteiger charge is -2.32. The highest BCUT2D eigenvalue weighted by atomic mass is 19.4. The van der Waals surface area contributed by atoms with Crippen molar-refractivity contribution >= 4 is 17.5 Å². The van der Waals surface area contributed by atoms with Gasteiger partial charge in [-0.05, 0) is 25.1 Å². The van der Waals surface area contributed by atoms with E-state index in [0.717, 1.165) is 45.4 Å². The molecule has 0 bridgehead atoms. The van der Waals surface area contributed by atoms with Gasteiger partial charge in [0.25, 0.3) is 18.2 Å². The summed E-state index contributed by atoms with van der Waals surface area (Å²) in [6, 6.07) is 4.09. The van der Waals surface area contributed by atoms with Gasteiger partial charge in [-0.25, -0.2) is 13.2 Å². The van der Waals surface area contributed by atoms with Gasteiger partial charge < -0.3 is 20.5 Å². The molecule has 1 aromatic carbocycles. The molecule has 2 heterocycles. The van der Waals surface area contributed by atoms with Crippen molar-refractivity contribution in [3.8, 4) is 5.75 Å². The van der Waals surface area contributed by atoms with Crippen molar-refractivity contribution in [3.63, 3.8) is 0 Å². The van der Waals surface area contributed by atoms with Crippen molar-refractivity contribution in [3.05, 3.63) is 53.1 Å². The Morgan fingerprint density at radius 1 is 1.26 bits per heavy atom. The average molecular weight is 505 g/mol. The molecule has 0 saturated carbocycles. The zero-order valence-corrected chi connectivity index (χ0v) is 18.6. The topological polar surface area (TPSA) is 104 Å². The molecule has 1 saturated heterocycles. The standard InChI is InChI=1S/C22H21F6N3O4/c1-9-14(11-4-5-12(18(24)25)15(23)16(11)34-3)17(35-21(9,2)22(26,27)28)20(33)31-10-6-7-30-13(8-10)19(29)32/h4-9,14,17-18H,1-3H3,(H2,29,32)(H,30,31,33)/t9-,14+,17-,21-/m1/s1. The van der Waals surface area contributed by atoms with Gasteiger partial charge in [-0.3, -0.25) is 14.6 Å². The van der Waals surface area contributed by atoms with E-state index in [-0.39, 0.29) is 16.9 Å². The predicted octanol–water partition coefficient (Wildman–Crippen LogP) is 4.34. The van der Waals surface area contributed by atoms with Crippen LogP contribution in [-0.4, -0.2) is 41.8 Å². The molecule has 0 radical (unpaired) electrons. The highest BCUT2D eigenvalue weighted by molar-refractivity contribution is 5.97. The molecule has 0 unspecified atom stereocenters. The molecule has 13 heteroatoms. The van der Waals surface area contributed by atoms with Crippen LogP contribution in [0.2, 0.25) is 0 Å². The summed E-state index contributed by atoms with van der Waals surface area (Å²) in [7, 11) is 0.970. The lowest BCUT2D eigenvalue weighted by molar-refractivity contribution is -0.272. The molecule has 35 heavy (non-hydrogen) atoms. The Morgan fingerprint density at radius 2 is 1.91 bits per heavy atom. The van der Waals surface area contributed by atoms with E-state index >= 15 is 0 Å². The van der Waals surface area contributed by atoms with E-state index in [2.05, 4.69) is 10.3 Å². The Balaban J connectivity index is 2.10. The highest BCUT2D eigenvalue weighted by Gasteiger charge is 2.65. The third kappa shape index (κ3) is 4.64. The first-order valence-electron chi connectivity index (χ1n) is 10.2. The second kappa shape index (κ2) is 9.36. The molecule has 4 atom stereocenters. The first kappa shape index (κ1) is 26.3. The number of anilines is 1. The number of primary amides is 1. The van der Waals surface area contributed by atoms with Gasteiger partial charge in [-0.2, -0.15) is 13.2 Å². The number of halogens is 6. The van der Waals surface area contributed by atoms with Crippen molar-refractivity contribution in [2.75, 3.05) is 12.4 Å². The number of aromatic nitrogens is 1. The van der Waals surface area contributed by atoms with Gasteiger partial charge in [-0.15, -0.1) is 0 Å². The van der Waals surface area contributed by atoms with Gasteiger partial charge in [0.05, 0.1) is 12.7 Å². The molecule has 0 aliphatic carbocycles. The van der Waals surface area contributed by atoms with Gasteiger partial charge in [0.15, 0.2) is 17.2 Å². The molecule has 1 aliphatic heterocycles. The number of carbonyl (C=O) groups excluding carboxylic acids is 2. The Labute approximate surface area is 195 Å². The van der Waals surface area contributed by atoms with Gasteiger partial charge in [0.1, 0.15) is 11.8 Å². The number of nitrogens with zero attached hydrogens (tertiary/aromatic N) is 1. The molecule has 3 N–H and O–H groups in total. The summed E-state index contributed by atoms with van der Waals surface area (Å²) in [6.45, 7) is 1.90. The molecular weight excluding hydrogens is 484 g/mol. The number of benzene rings is 1. The number of nitrogens with two attached hydrogens (primary N) is 1. The van der Waals surface area contributed by atoms with Crippen LogP contribution in [0.25, 0.3) is 0 Å². The van der Waals surface area contributed by atoms with Crippen molar-refractivity contribution in [2.45, 2.75) is 44.1 Å². The minimum atomic E-state index is -4.94. The van der Waals surface area contributed by atoms with E-state index in [1.165, 1.54) is 6.07 Å². The van der Waals surface area contributed by atoms with Crippen LogP contribution in [0.1, 0.15) is 47.8 Å². The number of pyridine rings is 1. The minimum Gasteiger partial charge on any atom is -0.493 e. The summed E-state index contributed by atoms with van der Waals surface area (Å²) in [6.07, 6.45) is -8.84. The largest absolute Gasteiger partial charge is 0.493 e. The van der Waals surface area contributed by atoms with Crippen LogP contribution in [0.5, 0.6) is 5.75 Å². The summed E-state index contributed by atoms with van der Waals surface area (Å²) >= 11 is 0. The van der Waals surface area contributed by atoms with E-state index in [9.17, 15) is 35.9 Å². The Hall–Kier alpha value is -3.35. The fourth-order valence-corrected chi connectivity index (χ4v) is 4.10. The number of hydrogen-bond acceptors (Lipinski definition) is 5. The predicted molar refractivity (Wildman–Crippen MR) is 111 cm³/mol. The summed E-state index contributed by atoms with van der Waals surface area (Å²) in [5, 5.41) is 2.34.